The van der Waals surface area contributed by atoms with Gasteiger partial charge >= 0.3 is 6.03 Å². The van der Waals surface area contributed by atoms with Crippen LogP contribution in [0.3, 0.4) is 0 Å². The molecule has 0 spiro atoms. The molecule has 1 heterocycles. The molecule has 0 aliphatic carbocycles. The number of benzene rings is 2. The topological polar surface area (TPSA) is 87.7 Å². The molecule has 1 aliphatic rings. The molecule has 2 aromatic carbocycles. The van der Waals surface area contributed by atoms with Gasteiger partial charge in [-0.1, -0.05) is 38.0 Å². The van der Waals surface area contributed by atoms with Crippen LogP contribution in [-0.2, 0) is 11.3 Å². The molecule has 164 valence electrons. The van der Waals surface area contributed by atoms with Crippen LogP contribution in [0.25, 0.3) is 0 Å². The number of ether oxygens (including phenoxy) is 1. The predicted octanol–water partition coefficient (Wildman–Crippen LogP) is 3.55. The number of nitrogens with one attached hydrogen (secondary N) is 2. The van der Waals surface area contributed by atoms with E-state index in [-0.39, 0.29) is 18.9 Å². The Labute approximate surface area is 180 Å². The van der Waals surface area contributed by atoms with E-state index >= 15 is 0 Å². The molecule has 0 fully saturated rings. The molecule has 3 rings (SSSR count). The van der Waals surface area contributed by atoms with Gasteiger partial charge in [0.2, 0.25) is 6.41 Å². The van der Waals surface area contributed by atoms with Crippen molar-refractivity contribution in [3.8, 4) is 5.75 Å². The smallest absolute Gasteiger partial charge is 0.321 e. The Bertz CT molecular complexity index is 933. The monoisotopic (exact) mass is 427 g/mol. The van der Waals surface area contributed by atoms with E-state index in [2.05, 4.69) is 12.2 Å². The third-order valence-electron chi connectivity index (χ3n) is 5.15. The summed E-state index contributed by atoms with van der Waals surface area (Å²) in [5.41, 5.74) is 2.07. The number of rotatable bonds is 10. The van der Waals surface area contributed by atoms with Gasteiger partial charge < -0.3 is 15.0 Å². The van der Waals surface area contributed by atoms with Crippen molar-refractivity contribution in [3.05, 3.63) is 65.0 Å². The van der Waals surface area contributed by atoms with Crippen molar-refractivity contribution >= 4 is 18.3 Å². The number of carbonyl (C=O) groups is 3. The molecule has 1 atom stereocenters. The van der Waals surface area contributed by atoms with Gasteiger partial charge in [-0.05, 0) is 41.8 Å². The molecule has 8 heteroatoms. The average Bonchev–Trinajstić information content (AvgIpc) is 3.06. The van der Waals surface area contributed by atoms with E-state index in [0.717, 1.165) is 24.8 Å². The zero-order valence-electron chi connectivity index (χ0n) is 17.4. The lowest BCUT2D eigenvalue weighted by molar-refractivity contribution is -0.108. The summed E-state index contributed by atoms with van der Waals surface area (Å²) in [4.78, 5) is 37.1. The molecule has 7 nitrogen and oxygen atoms in total. The van der Waals surface area contributed by atoms with Crippen molar-refractivity contribution in [1.82, 2.24) is 15.5 Å². The number of imide groups is 1. The van der Waals surface area contributed by atoms with Gasteiger partial charge in [-0.15, -0.1) is 0 Å². The number of amides is 4. The highest BCUT2D eigenvalue weighted by atomic mass is 19.1. The Hall–Kier alpha value is -3.42. The van der Waals surface area contributed by atoms with Crippen LogP contribution >= 0.6 is 0 Å². The summed E-state index contributed by atoms with van der Waals surface area (Å²) in [6.07, 6.45) is 3.43. The minimum Gasteiger partial charge on any atom is -0.494 e. The molecule has 0 bridgehead atoms. The van der Waals surface area contributed by atoms with E-state index < -0.39 is 17.9 Å². The fourth-order valence-corrected chi connectivity index (χ4v) is 3.52. The summed E-state index contributed by atoms with van der Waals surface area (Å²) in [5.74, 6) is 0.0818. The second-order valence-corrected chi connectivity index (χ2v) is 7.40. The number of unbranched alkanes of at least 4 members (excludes halogenated alkanes) is 2. The largest absolute Gasteiger partial charge is 0.494 e. The molecular weight excluding hydrogens is 401 g/mol. The Morgan fingerprint density at radius 2 is 2.00 bits per heavy atom. The van der Waals surface area contributed by atoms with Gasteiger partial charge in [-0.2, -0.15) is 0 Å². The second-order valence-electron chi connectivity index (χ2n) is 7.40. The number of carbonyl (C=O) groups excluding carboxylic acids is 3. The van der Waals surface area contributed by atoms with E-state index in [1.54, 1.807) is 11.0 Å². The third kappa shape index (κ3) is 5.81. The first-order valence-corrected chi connectivity index (χ1v) is 10.3. The van der Waals surface area contributed by atoms with Crippen molar-refractivity contribution < 1.29 is 23.5 Å². The summed E-state index contributed by atoms with van der Waals surface area (Å²) in [5, 5.41) is 4.68. The summed E-state index contributed by atoms with van der Waals surface area (Å²) in [6.45, 7) is 3.28. The highest BCUT2D eigenvalue weighted by Gasteiger charge is 2.30. The molecule has 4 amide bonds. The normalized spacial score (nSPS) is 13.5. The number of nitrogens with zero attached hydrogens (tertiary/aromatic N) is 1. The summed E-state index contributed by atoms with van der Waals surface area (Å²) >= 11 is 0. The fourth-order valence-electron chi connectivity index (χ4n) is 3.52. The van der Waals surface area contributed by atoms with Gasteiger partial charge in [-0.25, -0.2) is 9.18 Å². The number of fused-ring (bicyclic) bond motifs is 1. The first kappa shape index (κ1) is 22.3. The van der Waals surface area contributed by atoms with Crippen LogP contribution in [-0.4, -0.2) is 36.4 Å². The number of hydrogen-bond donors (Lipinski definition) is 2. The summed E-state index contributed by atoms with van der Waals surface area (Å²) < 4.78 is 19.1. The van der Waals surface area contributed by atoms with Gasteiger partial charge in [0.25, 0.3) is 5.91 Å². The maximum atomic E-state index is 13.3. The minimum atomic E-state index is -0.698. The van der Waals surface area contributed by atoms with Crippen molar-refractivity contribution in [2.24, 2.45) is 0 Å². The van der Waals surface area contributed by atoms with E-state index in [9.17, 15) is 18.8 Å². The lowest BCUT2D eigenvalue weighted by Crippen LogP contribution is -2.42. The molecule has 0 unspecified atom stereocenters. The van der Waals surface area contributed by atoms with E-state index in [0.29, 0.717) is 30.0 Å². The molecule has 31 heavy (non-hydrogen) atoms. The standard InChI is InChI=1S/C23H26FN3O4/c1-2-3-4-11-31-19-10-7-17-13-27(22(29)20(17)12-19)14-21(26-23(30)25-15-28)16-5-8-18(24)9-6-16/h5-10,12,15,21H,2-4,11,13-14H2,1H3,(H2,25,26,28,30)/t21-/m0/s1. The molecule has 0 radical (unpaired) electrons. The highest BCUT2D eigenvalue weighted by molar-refractivity contribution is 5.98. The van der Waals surface area contributed by atoms with Crippen LogP contribution in [0.5, 0.6) is 5.75 Å². The first-order chi connectivity index (χ1) is 15.0. The van der Waals surface area contributed by atoms with Gasteiger partial charge in [-0.3, -0.25) is 14.9 Å². The van der Waals surface area contributed by atoms with Crippen LogP contribution in [0.15, 0.2) is 42.5 Å². The Kier molecular flexibility index (Phi) is 7.59. The zero-order valence-corrected chi connectivity index (χ0v) is 17.4. The van der Waals surface area contributed by atoms with Crippen molar-refractivity contribution in [1.29, 1.82) is 0 Å². The second kappa shape index (κ2) is 10.6. The molecule has 2 aromatic rings. The lowest BCUT2D eigenvalue weighted by Gasteiger charge is -2.25. The van der Waals surface area contributed by atoms with Crippen LogP contribution in [0.4, 0.5) is 9.18 Å². The predicted molar refractivity (Wildman–Crippen MR) is 113 cm³/mol. The molecule has 0 saturated carbocycles. The number of urea groups is 1. The Balaban J connectivity index is 1.72. The van der Waals surface area contributed by atoms with Crippen LogP contribution in [0.1, 0.15) is 53.7 Å². The number of hydrogen-bond acceptors (Lipinski definition) is 4. The number of halogens is 1. The average molecular weight is 427 g/mol. The van der Waals surface area contributed by atoms with Gasteiger partial charge in [0.15, 0.2) is 0 Å². The van der Waals surface area contributed by atoms with Crippen molar-refractivity contribution in [2.45, 2.75) is 38.8 Å². The van der Waals surface area contributed by atoms with Crippen LogP contribution in [0.2, 0.25) is 0 Å². The Morgan fingerprint density at radius 3 is 2.71 bits per heavy atom. The van der Waals surface area contributed by atoms with E-state index in [1.165, 1.54) is 24.3 Å². The van der Waals surface area contributed by atoms with Gasteiger partial charge in [0, 0.05) is 18.7 Å². The van der Waals surface area contributed by atoms with Crippen LogP contribution in [0, 0.1) is 5.82 Å². The summed E-state index contributed by atoms with van der Waals surface area (Å²) in [6, 6.07) is 9.81. The molecule has 2 N–H and O–H groups in total. The van der Waals surface area contributed by atoms with Gasteiger partial charge in [0.05, 0.1) is 12.6 Å². The summed E-state index contributed by atoms with van der Waals surface area (Å²) in [7, 11) is 0. The molecule has 0 saturated heterocycles. The third-order valence-corrected chi connectivity index (χ3v) is 5.15. The lowest BCUT2D eigenvalue weighted by atomic mass is 10.1. The maximum Gasteiger partial charge on any atom is 0.321 e. The maximum absolute atomic E-state index is 13.3. The van der Waals surface area contributed by atoms with E-state index in [4.69, 9.17) is 4.74 Å². The molecular formula is C23H26FN3O4. The SMILES string of the molecule is CCCCCOc1ccc2c(c1)C(=O)N(C[C@H](NC(=O)NC=O)c1ccc(F)cc1)C2. The fraction of sp³-hybridized carbons (Fsp3) is 0.348. The zero-order chi connectivity index (χ0) is 22.2. The Morgan fingerprint density at radius 1 is 1.23 bits per heavy atom. The molecule has 1 aliphatic heterocycles. The van der Waals surface area contributed by atoms with Crippen LogP contribution < -0.4 is 15.4 Å². The highest BCUT2D eigenvalue weighted by Crippen LogP contribution is 2.29. The van der Waals surface area contributed by atoms with E-state index in [1.807, 2.05) is 17.4 Å². The van der Waals surface area contributed by atoms with Crippen molar-refractivity contribution in [3.63, 3.8) is 0 Å². The minimum absolute atomic E-state index is 0.165. The molecule has 0 aromatic heterocycles. The van der Waals surface area contributed by atoms with Gasteiger partial charge in [0.1, 0.15) is 11.6 Å². The first-order valence-electron chi connectivity index (χ1n) is 10.3. The van der Waals surface area contributed by atoms with Crippen molar-refractivity contribution in [2.75, 3.05) is 13.2 Å². The quantitative estimate of drug-likeness (QED) is 0.448.